The van der Waals surface area contributed by atoms with E-state index in [4.69, 9.17) is 0 Å². The second-order valence-electron chi connectivity index (χ2n) is 5.04. The Morgan fingerprint density at radius 2 is 2.33 bits per heavy atom. The minimum atomic E-state index is 0.585. The van der Waals surface area contributed by atoms with Gasteiger partial charge < -0.3 is 0 Å². The summed E-state index contributed by atoms with van der Waals surface area (Å²) in [5, 5.41) is 8.66. The fourth-order valence-electron chi connectivity index (χ4n) is 2.49. The van der Waals surface area contributed by atoms with E-state index in [0.29, 0.717) is 5.92 Å². The lowest BCUT2D eigenvalue weighted by Crippen LogP contribution is -1.96. The number of allylic oxidation sites excluding steroid dienone is 3. The number of rotatable bonds is 2. The van der Waals surface area contributed by atoms with Crippen molar-refractivity contribution in [2.24, 2.45) is 5.92 Å². The van der Waals surface area contributed by atoms with Gasteiger partial charge in [0, 0.05) is 5.39 Å². The molecule has 0 fully saturated rings. The molecule has 3 rings (SSSR count). The van der Waals surface area contributed by atoms with Gasteiger partial charge in [-0.2, -0.15) is 5.10 Å². The van der Waals surface area contributed by atoms with Gasteiger partial charge in [0.25, 0.3) is 0 Å². The lowest BCUT2D eigenvalue weighted by atomic mass is 9.95. The molecule has 1 aromatic carbocycles. The number of aromatic amines is 1. The first-order valence-corrected chi connectivity index (χ1v) is 6.62. The largest absolute Gasteiger partial charge is 0.277 e. The van der Waals surface area contributed by atoms with Crippen molar-refractivity contribution in [1.29, 1.82) is 0 Å². The van der Waals surface area contributed by atoms with Gasteiger partial charge in [0.05, 0.1) is 11.2 Å². The monoisotopic (exact) mass is 238 g/mol. The van der Waals surface area contributed by atoms with Gasteiger partial charge in [-0.3, -0.25) is 5.10 Å². The first-order valence-electron chi connectivity index (χ1n) is 6.62. The van der Waals surface area contributed by atoms with Crippen LogP contribution in [0.4, 0.5) is 0 Å². The Morgan fingerprint density at radius 1 is 1.39 bits per heavy atom. The van der Waals surface area contributed by atoms with Gasteiger partial charge in [-0.15, -0.1) is 0 Å². The molecule has 0 radical (unpaired) electrons. The smallest absolute Gasteiger partial charge is 0.0927 e. The number of aromatic nitrogens is 2. The molecule has 1 heterocycles. The summed E-state index contributed by atoms with van der Waals surface area (Å²) in [7, 11) is 0. The average Bonchev–Trinajstić information content (AvgIpc) is 2.80. The van der Waals surface area contributed by atoms with Crippen molar-refractivity contribution in [1.82, 2.24) is 10.2 Å². The van der Waals surface area contributed by atoms with Crippen LogP contribution in [0, 0.1) is 12.8 Å². The average molecular weight is 238 g/mol. The summed E-state index contributed by atoms with van der Waals surface area (Å²) in [5.41, 5.74) is 3.43. The lowest BCUT2D eigenvalue weighted by Gasteiger charge is -2.10. The molecule has 0 saturated heterocycles. The third kappa shape index (κ3) is 2.23. The molecular formula is C16H18N2. The Hall–Kier alpha value is -1.83. The van der Waals surface area contributed by atoms with Crippen LogP contribution in [0.15, 0.2) is 36.4 Å². The van der Waals surface area contributed by atoms with Crippen LogP contribution in [-0.2, 0) is 0 Å². The van der Waals surface area contributed by atoms with Gasteiger partial charge in [-0.1, -0.05) is 29.9 Å². The first-order chi connectivity index (χ1) is 8.83. The maximum absolute atomic E-state index is 4.33. The van der Waals surface area contributed by atoms with Crippen molar-refractivity contribution in [2.75, 3.05) is 0 Å². The van der Waals surface area contributed by atoms with Crippen LogP contribution in [0.3, 0.4) is 0 Å². The van der Waals surface area contributed by atoms with Gasteiger partial charge in [-0.25, -0.2) is 0 Å². The molecular weight excluding hydrogens is 220 g/mol. The van der Waals surface area contributed by atoms with Gasteiger partial charge in [-0.05, 0) is 50.3 Å². The van der Waals surface area contributed by atoms with Gasteiger partial charge in [0.15, 0.2) is 0 Å². The van der Waals surface area contributed by atoms with Crippen molar-refractivity contribution < 1.29 is 0 Å². The molecule has 1 unspecified atom stereocenters. The summed E-state index contributed by atoms with van der Waals surface area (Å²) in [5.74, 6) is 0.585. The van der Waals surface area contributed by atoms with E-state index in [9.17, 15) is 0 Å². The highest BCUT2D eigenvalue weighted by atomic mass is 15.1. The predicted octanol–water partition coefficient (Wildman–Crippen LogP) is 4.24. The number of nitrogens with one attached hydrogen (secondary N) is 1. The summed E-state index contributed by atoms with van der Waals surface area (Å²) in [4.78, 5) is 0. The van der Waals surface area contributed by atoms with E-state index in [2.05, 4.69) is 59.6 Å². The van der Waals surface area contributed by atoms with E-state index in [0.717, 1.165) is 11.2 Å². The molecule has 0 spiro atoms. The van der Waals surface area contributed by atoms with E-state index in [1.165, 1.54) is 30.2 Å². The molecule has 2 heteroatoms. The van der Waals surface area contributed by atoms with Crippen molar-refractivity contribution in [3.63, 3.8) is 0 Å². The van der Waals surface area contributed by atoms with Crippen LogP contribution in [0.25, 0.3) is 17.0 Å². The van der Waals surface area contributed by atoms with Gasteiger partial charge in [0.1, 0.15) is 0 Å². The van der Waals surface area contributed by atoms with E-state index >= 15 is 0 Å². The molecule has 2 aromatic rings. The minimum Gasteiger partial charge on any atom is -0.277 e. The SMILES string of the molecule is Cc1ccc2n[nH]c(/C=C/C3C=CCCC3)c2c1. The molecule has 0 aliphatic heterocycles. The van der Waals surface area contributed by atoms with E-state index in [1.54, 1.807) is 0 Å². The molecule has 1 aliphatic rings. The normalized spacial score (nSPS) is 19.9. The van der Waals surface area contributed by atoms with Crippen LogP contribution >= 0.6 is 0 Å². The first kappa shape index (κ1) is 11.3. The van der Waals surface area contributed by atoms with E-state index in [-0.39, 0.29) is 0 Å². The maximum Gasteiger partial charge on any atom is 0.0927 e. The van der Waals surface area contributed by atoms with Gasteiger partial charge in [0.2, 0.25) is 0 Å². The topological polar surface area (TPSA) is 28.7 Å². The number of hydrogen-bond donors (Lipinski definition) is 1. The molecule has 1 aromatic heterocycles. The van der Waals surface area contributed by atoms with Crippen molar-refractivity contribution >= 4 is 17.0 Å². The summed E-state index contributed by atoms with van der Waals surface area (Å²) >= 11 is 0. The number of H-pyrrole nitrogens is 1. The lowest BCUT2D eigenvalue weighted by molar-refractivity contribution is 0.632. The quantitative estimate of drug-likeness (QED) is 0.779. The number of benzene rings is 1. The standard InChI is InChI=1S/C16H18N2/c1-12-7-9-15-14(11-12)16(18-17-15)10-8-13-5-3-2-4-6-13/h3,5,7-11,13H,2,4,6H2,1H3,(H,17,18)/b10-8+. The van der Waals surface area contributed by atoms with Gasteiger partial charge >= 0.3 is 0 Å². The molecule has 18 heavy (non-hydrogen) atoms. The van der Waals surface area contributed by atoms with E-state index < -0.39 is 0 Å². The number of hydrogen-bond acceptors (Lipinski definition) is 1. The van der Waals surface area contributed by atoms with Crippen LogP contribution in [0.1, 0.15) is 30.5 Å². The Kier molecular flexibility index (Phi) is 3.01. The predicted molar refractivity (Wildman–Crippen MR) is 76.3 cm³/mol. The Morgan fingerprint density at radius 3 is 3.17 bits per heavy atom. The van der Waals surface area contributed by atoms with Crippen molar-refractivity contribution in [3.8, 4) is 0 Å². The Balaban J connectivity index is 1.90. The number of aryl methyl sites for hydroxylation is 1. The van der Waals surface area contributed by atoms with Crippen molar-refractivity contribution in [3.05, 3.63) is 47.7 Å². The summed E-state index contributed by atoms with van der Waals surface area (Å²) in [6.45, 7) is 2.11. The zero-order chi connectivity index (χ0) is 12.4. The van der Waals surface area contributed by atoms with Crippen LogP contribution in [0.5, 0.6) is 0 Å². The molecule has 1 N–H and O–H groups in total. The van der Waals surface area contributed by atoms with E-state index in [1.807, 2.05) is 0 Å². The van der Waals surface area contributed by atoms with Crippen LogP contribution in [-0.4, -0.2) is 10.2 Å². The Labute approximate surface area is 107 Å². The fourth-order valence-corrected chi connectivity index (χ4v) is 2.49. The summed E-state index contributed by atoms with van der Waals surface area (Å²) in [6.07, 6.45) is 12.8. The highest BCUT2D eigenvalue weighted by Crippen LogP contribution is 2.22. The molecule has 1 aliphatic carbocycles. The molecule has 0 amide bonds. The zero-order valence-corrected chi connectivity index (χ0v) is 10.7. The molecule has 2 nitrogen and oxygen atoms in total. The van der Waals surface area contributed by atoms with Crippen LogP contribution in [0.2, 0.25) is 0 Å². The number of fused-ring (bicyclic) bond motifs is 1. The summed E-state index contributed by atoms with van der Waals surface area (Å²) in [6, 6.07) is 6.36. The second kappa shape index (κ2) is 4.81. The molecule has 0 bridgehead atoms. The van der Waals surface area contributed by atoms with Crippen molar-refractivity contribution in [2.45, 2.75) is 26.2 Å². The zero-order valence-electron chi connectivity index (χ0n) is 10.7. The van der Waals surface area contributed by atoms with Crippen LogP contribution < -0.4 is 0 Å². The maximum atomic E-state index is 4.33. The molecule has 1 atom stereocenters. The summed E-state index contributed by atoms with van der Waals surface area (Å²) < 4.78 is 0. The third-order valence-electron chi connectivity index (χ3n) is 3.54. The molecule has 92 valence electrons. The third-order valence-corrected chi connectivity index (χ3v) is 3.54. The Bertz CT molecular complexity index is 605. The number of nitrogens with zero attached hydrogens (tertiary/aromatic N) is 1. The highest BCUT2D eigenvalue weighted by Gasteiger charge is 2.06. The minimum absolute atomic E-state index is 0.585. The molecule has 0 saturated carbocycles. The fraction of sp³-hybridized carbons (Fsp3) is 0.312. The highest BCUT2D eigenvalue weighted by molar-refractivity contribution is 5.87. The second-order valence-corrected chi connectivity index (χ2v) is 5.04.